The highest BCUT2D eigenvalue weighted by molar-refractivity contribution is 5.06. The van der Waals surface area contributed by atoms with E-state index in [1.807, 2.05) is 18.2 Å². The molecule has 64 valence electrons. The van der Waals surface area contributed by atoms with Crippen LogP contribution in [0.4, 0.5) is 0 Å². The Morgan fingerprint density at radius 2 is 2.50 bits per heavy atom. The van der Waals surface area contributed by atoms with Crippen molar-refractivity contribution in [2.24, 2.45) is 0 Å². The maximum absolute atomic E-state index is 5.38. The fourth-order valence-electron chi connectivity index (χ4n) is 1.14. The van der Waals surface area contributed by atoms with Crippen molar-refractivity contribution >= 4 is 0 Å². The summed E-state index contributed by atoms with van der Waals surface area (Å²) in [7, 11) is 0. The molecule has 0 amide bonds. The van der Waals surface area contributed by atoms with Crippen LogP contribution in [0.2, 0.25) is 0 Å². The largest absolute Gasteiger partial charge is 0.342 e. The summed E-state index contributed by atoms with van der Waals surface area (Å²) >= 11 is 0. The Morgan fingerprint density at radius 1 is 1.50 bits per heavy atom. The molecule has 1 aromatic rings. The fourth-order valence-corrected chi connectivity index (χ4v) is 1.14. The Morgan fingerprint density at radius 3 is 3.17 bits per heavy atom. The van der Waals surface area contributed by atoms with Gasteiger partial charge in [0.25, 0.3) is 0 Å². The van der Waals surface area contributed by atoms with E-state index in [4.69, 9.17) is 4.74 Å². The van der Waals surface area contributed by atoms with E-state index in [9.17, 15) is 0 Å². The van der Waals surface area contributed by atoms with Gasteiger partial charge in [0.15, 0.2) is 6.23 Å². The molecule has 0 radical (unpaired) electrons. The molecule has 4 nitrogen and oxygen atoms in total. The van der Waals surface area contributed by atoms with Gasteiger partial charge in [-0.2, -0.15) is 0 Å². The maximum Gasteiger partial charge on any atom is 0.154 e. The Labute approximate surface area is 71.0 Å². The Balaban J connectivity index is 2.08. The Bertz CT molecular complexity index is 233. The standard InChI is InChI=1S/C8H11N3O/c1-2-4-10-7(3-1)8-11-5-9-6-12-8/h1-4,8-9,11H,5-6H2. The molecule has 1 saturated heterocycles. The number of aromatic nitrogens is 1. The summed E-state index contributed by atoms with van der Waals surface area (Å²) in [4.78, 5) is 4.19. The fraction of sp³-hybridized carbons (Fsp3) is 0.375. The van der Waals surface area contributed by atoms with Gasteiger partial charge in [0, 0.05) is 12.9 Å². The average Bonchev–Trinajstić information content (AvgIpc) is 2.21. The van der Waals surface area contributed by atoms with Crippen molar-refractivity contribution in [1.82, 2.24) is 15.6 Å². The second-order valence-corrected chi connectivity index (χ2v) is 2.58. The van der Waals surface area contributed by atoms with E-state index in [1.54, 1.807) is 6.20 Å². The Kier molecular flexibility index (Phi) is 2.31. The molecule has 1 aliphatic rings. The lowest BCUT2D eigenvalue weighted by Gasteiger charge is -2.24. The molecule has 1 atom stereocenters. The summed E-state index contributed by atoms with van der Waals surface area (Å²) in [5.74, 6) is 0. The average molecular weight is 165 g/mol. The van der Waals surface area contributed by atoms with E-state index in [0.717, 1.165) is 12.4 Å². The molecular weight excluding hydrogens is 154 g/mol. The molecule has 2 heterocycles. The highest BCUT2D eigenvalue weighted by atomic mass is 16.5. The predicted octanol–water partition coefficient (Wildman–Crippen LogP) is 0.205. The van der Waals surface area contributed by atoms with E-state index < -0.39 is 0 Å². The monoisotopic (exact) mass is 165 g/mol. The minimum absolute atomic E-state index is 0.0625. The van der Waals surface area contributed by atoms with Crippen LogP contribution in [0, 0.1) is 0 Å². The minimum atomic E-state index is -0.0625. The van der Waals surface area contributed by atoms with Crippen LogP contribution in [0.1, 0.15) is 11.9 Å². The lowest BCUT2D eigenvalue weighted by Crippen LogP contribution is -2.41. The summed E-state index contributed by atoms with van der Waals surface area (Å²) in [6, 6.07) is 5.79. The molecule has 2 rings (SSSR count). The van der Waals surface area contributed by atoms with Crippen LogP contribution in [0.25, 0.3) is 0 Å². The van der Waals surface area contributed by atoms with Crippen molar-refractivity contribution in [3.8, 4) is 0 Å². The summed E-state index contributed by atoms with van der Waals surface area (Å²) in [5, 5.41) is 6.16. The molecule has 0 aromatic carbocycles. The van der Waals surface area contributed by atoms with Crippen LogP contribution in [0.5, 0.6) is 0 Å². The van der Waals surface area contributed by atoms with Gasteiger partial charge in [-0.3, -0.25) is 15.6 Å². The first-order valence-corrected chi connectivity index (χ1v) is 3.93. The lowest BCUT2D eigenvalue weighted by atomic mass is 10.3. The van der Waals surface area contributed by atoms with Crippen LogP contribution in [-0.2, 0) is 4.74 Å². The first-order chi connectivity index (χ1) is 5.97. The molecule has 4 heteroatoms. The van der Waals surface area contributed by atoms with Crippen molar-refractivity contribution < 1.29 is 4.74 Å². The zero-order valence-corrected chi connectivity index (χ0v) is 6.66. The van der Waals surface area contributed by atoms with Gasteiger partial charge in [-0.25, -0.2) is 0 Å². The molecule has 1 unspecified atom stereocenters. The number of nitrogens with zero attached hydrogens (tertiary/aromatic N) is 1. The molecule has 0 spiro atoms. The van der Waals surface area contributed by atoms with Gasteiger partial charge in [-0.1, -0.05) is 6.07 Å². The topological polar surface area (TPSA) is 46.2 Å². The molecule has 1 aromatic heterocycles. The van der Waals surface area contributed by atoms with Crippen molar-refractivity contribution in [2.75, 3.05) is 13.4 Å². The van der Waals surface area contributed by atoms with Crippen molar-refractivity contribution in [2.45, 2.75) is 6.23 Å². The van der Waals surface area contributed by atoms with Crippen LogP contribution in [0.3, 0.4) is 0 Å². The zero-order chi connectivity index (χ0) is 8.23. The Hall–Kier alpha value is -0.970. The second-order valence-electron chi connectivity index (χ2n) is 2.58. The van der Waals surface area contributed by atoms with E-state index in [1.165, 1.54) is 0 Å². The summed E-state index contributed by atoms with van der Waals surface area (Å²) < 4.78 is 5.38. The number of ether oxygens (including phenoxy) is 1. The van der Waals surface area contributed by atoms with Gasteiger partial charge in [-0.05, 0) is 12.1 Å². The summed E-state index contributed by atoms with van der Waals surface area (Å²) in [6.07, 6.45) is 1.70. The molecule has 0 bridgehead atoms. The van der Waals surface area contributed by atoms with Gasteiger partial charge in [0.05, 0.1) is 5.69 Å². The van der Waals surface area contributed by atoms with Gasteiger partial charge < -0.3 is 4.74 Å². The van der Waals surface area contributed by atoms with E-state index in [-0.39, 0.29) is 6.23 Å². The van der Waals surface area contributed by atoms with E-state index in [2.05, 4.69) is 15.6 Å². The highest BCUT2D eigenvalue weighted by Gasteiger charge is 2.14. The van der Waals surface area contributed by atoms with Crippen molar-refractivity contribution in [3.05, 3.63) is 30.1 Å². The van der Waals surface area contributed by atoms with Crippen molar-refractivity contribution in [1.29, 1.82) is 0 Å². The third-order valence-corrected chi connectivity index (χ3v) is 1.72. The van der Waals surface area contributed by atoms with Crippen LogP contribution < -0.4 is 10.6 Å². The number of hydrogen-bond acceptors (Lipinski definition) is 4. The molecule has 1 aliphatic heterocycles. The molecule has 0 saturated carbocycles. The van der Waals surface area contributed by atoms with Gasteiger partial charge >= 0.3 is 0 Å². The zero-order valence-electron chi connectivity index (χ0n) is 6.66. The minimum Gasteiger partial charge on any atom is -0.342 e. The third kappa shape index (κ3) is 1.61. The molecule has 0 aliphatic carbocycles. The van der Waals surface area contributed by atoms with Crippen LogP contribution >= 0.6 is 0 Å². The first kappa shape index (κ1) is 7.67. The molecular formula is C8H11N3O. The quantitative estimate of drug-likeness (QED) is 0.624. The molecule has 2 N–H and O–H groups in total. The SMILES string of the molecule is c1ccc(C2NCNCO2)nc1. The van der Waals surface area contributed by atoms with Crippen LogP contribution in [-0.4, -0.2) is 18.4 Å². The van der Waals surface area contributed by atoms with E-state index >= 15 is 0 Å². The highest BCUT2D eigenvalue weighted by Crippen LogP contribution is 2.11. The number of rotatable bonds is 1. The first-order valence-electron chi connectivity index (χ1n) is 3.93. The van der Waals surface area contributed by atoms with Gasteiger partial charge in [0.2, 0.25) is 0 Å². The third-order valence-electron chi connectivity index (χ3n) is 1.72. The maximum atomic E-state index is 5.38. The summed E-state index contributed by atoms with van der Waals surface area (Å²) in [6.45, 7) is 1.34. The van der Waals surface area contributed by atoms with Crippen molar-refractivity contribution in [3.63, 3.8) is 0 Å². The van der Waals surface area contributed by atoms with Crippen LogP contribution in [0.15, 0.2) is 24.4 Å². The number of hydrogen-bond donors (Lipinski definition) is 2. The molecule has 12 heavy (non-hydrogen) atoms. The van der Waals surface area contributed by atoms with Gasteiger partial charge in [0.1, 0.15) is 6.73 Å². The number of pyridine rings is 1. The van der Waals surface area contributed by atoms with E-state index in [0.29, 0.717) is 6.73 Å². The second kappa shape index (κ2) is 3.62. The van der Waals surface area contributed by atoms with Gasteiger partial charge in [-0.15, -0.1) is 0 Å². The normalized spacial score (nSPS) is 23.8. The summed E-state index contributed by atoms with van der Waals surface area (Å²) in [5.41, 5.74) is 0.930. The molecule has 1 fully saturated rings. The lowest BCUT2D eigenvalue weighted by molar-refractivity contribution is -0.0192. The predicted molar refractivity (Wildman–Crippen MR) is 44.1 cm³/mol. The number of nitrogens with one attached hydrogen (secondary N) is 2. The smallest absolute Gasteiger partial charge is 0.154 e.